The van der Waals surface area contributed by atoms with Crippen molar-refractivity contribution in [2.75, 3.05) is 6.61 Å². The fourth-order valence-corrected chi connectivity index (χ4v) is 2.59. The first-order chi connectivity index (χ1) is 9.63. The summed E-state index contributed by atoms with van der Waals surface area (Å²) in [6.07, 6.45) is 0.849. The van der Waals surface area contributed by atoms with Crippen LogP contribution >= 0.6 is 11.6 Å². The van der Waals surface area contributed by atoms with E-state index in [2.05, 4.69) is 0 Å². The van der Waals surface area contributed by atoms with Crippen LogP contribution in [0.1, 0.15) is 16.7 Å². The van der Waals surface area contributed by atoms with Gasteiger partial charge in [0.15, 0.2) is 11.6 Å². The van der Waals surface area contributed by atoms with Crippen molar-refractivity contribution in [3.63, 3.8) is 0 Å². The summed E-state index contributed by atoms with van der Waals surface area (Å²) in [5, 5.41) is 0.651. The molecule has 3 rings (SSSR count). The molecule has 0 aliphatic carbocycles. The van der Waals surface area contributed by atoms with Crippen LogP contribution in [0.2, 0.25) is 5.02 Å². The predicted octanol–water partition coefficient (Wildman–Crippen LogP) is 4.30. The van der Waals surface area contributed by atoms with Gasteiger partial charge in [-0.3, -0.25) is 0 Å². The van der Waals surface area contributed by atoms with Crippen molar-refractivity contribution in [3.8, 4) is 11.5 Å². The molecule has 104 valence electrons. The predicted molar refractivity (Wildman–Crippen MR) is 76.1 cm³/mol. The van der Waals surface area contributed by atoms with Crippen LogP contribution in [0, 0.1) is 12.7 Å². The highest BCUT2D eigenvalue weighted by Crippen LogP contribution is 2.33. The molecule has 0 amide bonds. The molecular weight excluding hydrogens is 279 g/mol. The Morgan fingerprint density at radius 2 is 2.15 bits per heavy atom. The summed E-state index contributed by atoms with van der Waals surface area (Å²) in [5.74, 6) is 0.703. The summed E-state index contributed by atoms with van der Waals surface area (Å²) in [7, 11) is 0. The van der Waals surface area contributed by atoms with Crippen molar-refractivity contribution in [2.24, 2.45) is 0 Å². The van der Waals surface area contributed by atoms with E-state index in [1.54, 1.807) is 18.2 Å². The lowest BCUT2D eigenvalue weighted by molar-refractivity contribution is 0.279. The third-order valence-electron chi connectivity index (χ3n) is 3.30. The Labute approximate surface area is 122 Å². The lowest BCUT2D eigenvalue weighted by Gasteiger charge is -2.11. The van der Waals surface area contributed by atoms with E-state index in [0.717, 1.165) is 28.9 Å². The van der Waals surface area contributed by atoms with Crippen molar-refractivity contribution in [3.05, 3.63) is 57.9 Å². The van der Waals surface area contributed by atoms with E-state index < -0.39 is 0 Å². The van der Waals surface area contributed by atoms with E-state index >= 15 is 0 Å². The molecule has 0 spiro atoms. The second-order valence-corrected chi connectivity index (χ2v) is 5.31. The molecule has 2 aromatic rings. The van der Waals surface area contributed by atoms with Gasteiger partial charge in [-0.05, 0) is 42.3 Å². The summed E-state index contributed by atoms with van der Waals surface area (Å²) in [4.78, 5) is 0. The first-order valence-corrected chi connectivity index (χ1v) is 6.84. The molecule has 20 heavy (non-hydrogen) atoms. The van der Waals surface area contributed by atoms with Crippen LogP contribution in [0.15, 0.2) is 30.3 Å². The van der Waals surface area contributed by atoms with Crippen molar-refractivity contribution in [1.82, 2.24) is 0 Å². The number of hydrogen-bond donors (Lipinski definition) is 0. The van der Waals surface area contributed by atoms with Gasteiger partial charge in [0.1, 0.15) is 12.4 Å². The number of halogens is 2. The molecule has 4 heteroatoms. The first kappa shape index (κ1) is 13.3. The molecule has 1 heterocycles. The molecular formula is C16H14ClFO2. The zero-order valence-electron chi connectivity index (χ0n) is 11.1. The van der Waals surface area contributed by atoms with Gasteiger partial charge in [-0.2, -0.15) is 0 Å². The summed E-state index contributed by atoms with van der Waals surface area (Å²) < 4.78 is 24.8. The normalized spacial score (nSPS) is 12.9. The van der Waals surface area contributed by atoms with Gasteiger partial charge in [0.25, 0.3) is 0 Å². The molecule has 2 nitrogen and oxygen atoms in total. The molecule has 0 fully saturated rings. The summed E-state index contributed by atoms with van der Waals surface area (Å²) in [6.45, 7) is 2.79. The van der Waals surface area contributed by atoms with Crippen molar-refractivity contribution in [2.45, 2.75) is 20.0 Å². The first-order valence-electron chi connectivity index (χ1n) is 6.46. The molecule has 2 aromatic carbocycles. The maximum absolute atomic E-state index is 13.6. The highest BCUT2D eigenvalue weighted by Gasteiger charge is 2.18. The number of ether oxygens (including phenoxy) is 2. The Kier molecular flexibility index (Phi) is 3.53. The van der Waals surface area contributed by atoms with E-state index in [1.165, 1.54) is 6.07 Å². The molecule has 1 aliphatic rings. The SMILES string of the molecule is Cc1ccc(F)c(OCc2cc(Cl)cc3c2OCC3)c1. The number of rotatable bonds is 3. The molecule has 0 aromatic heterocycles. The number of aryl methyl sites for hydroxylation is 1. The van der Waals surface area contributed by atoms with Crippen LogP contribution in [0.3, 0.4) is 0 Å². The summed E-state index contributed by atoms with van der Waals surface area (Å²) in [6, 6.07) is 8.51. The lowest BCUT2D eigenvalue weighted by Crippen LogP contribution is -2.00. The zero-order chi connectivity index (χ0) is 14.1. The standard InChI is InChI=1S/C16H14ClFO2/c1-10-2-3-14(18)15(6-10)20-9-12-8-13(17)7-11-4-5-19-16(11)12/h2-3,6-8H,4-5,9H2,1H3. The van der Waals surface area contributed by atoms with Crippen LogP contribution in [-0.4, -0.2) is 6.61 Å². The van der Waals surface area contributed by atoms with Gasteiger partial charge in [0.05, 0.1) is 6.61 Å². The molecule has 0 unspecified atom stereocenters. The highest BCUT2D eigenvalue weighted by atomic mass is 35.5. The summed E-state index contributed by atoms with van der Waals surface area (Å²) in [5.41, 5.74) is 2.89. The van der Waals surface area contributed by atoms with Crippen molar-refractivity contribution in [1.29, 1.82) is 0 Å². The number of fused-ring (bicyclic) bond motifs is 1. The smallest absolute Gasteiger partial charge is 0.165 e. The van der Waals surface area contributed by atoms with Crippen LogP contribution in [-0.2, 0) is 13.0 Å². The average molecular weight is 293 g/mol. The van der Waals surface area contributed by atoms with Gasteiger partial charge >= 0.3 is 0 Å². The van der Waals surface area contributed by atoms with Gasteiger partial charge < -0.3 is 9.47 Å². The molecule has 0 saturated carbocycles. The van der Waals surface area contributed by atoms with Crippen molar-refractivity contribution < 1.29 is 13.9 Å². The van der Waals surface area contributed by atoms with Gasteiger partial charge in [0.2, 0.25) is 0 Å². The van der Waals surface area contributed by atoms with E-state index in [4.69, 9.17) is 21.1 Å². The van der Waals surface area contributed by atoms with E-state index in [1.807, 2.05) is 13.0 Å². The fourth-order valence-electron chi connectivity index (χ4n) is 2.33. The van der Waals surface area contributed by atoms with Gasteiger partial charge in [-0.1, -0.05) is 17.7 Å². The maximum Gasteiger partial charge on any atom is 0.165 e. The summed E-state index contributed by atoms with van der Waals surface area (Å²) >= 11 is 6.08. The molecule has 0 atom stereocenters. The Morgan fingerprint density at radius 3 is 3.00 bits per heavy atom. The van der Waals surface area contributed by atoms with Gasteiger partial charge in [-0.15, -0.1) is 0 Å². The Morgan fingerprint density at radius 1 is 1.30 bits per heavy atom. The third-order valence-corrected chi connectivity index (χ3v) is 3.51. The van der Waals surface area contributed by atoms with E-state index in [-0.39, 0.29) is 18.2 Å². The second kappa shape index (κ2) is 5.33. The Hall–Kier alpha value is -1.74. The molecule has 0 N–H and O–H groups in total. The Bertz CT molecular complexity index is 655. The lowest BCUT2D eigenvalue weighted by atomic mass is 10.1. The van der Waals surface area contributed by atoms with Crippen LogP contribution in [0.25, 0.3) is 0 Å². The average Bonchev–Trinajstić information content (AvgIpc) is 2.87. The fraction of sp³-hybridized carbons (Fsp3) is 0.250. The number of hydrogen-bond acceptors (Lipinski definition) is 2. The van der Waals surface area contributed by atoms with Gasteiger partial charge in [0, 0.05) is 17.0 Å². The molecule has 1 aliphatic heterocycles. The second-order valence-electron chi connectivity index (χ2n) is 4.87. The maximum atomic E-state index is 13.6. The number of benzene rings is 2. The molecule has 0 radical (unpaired) electrons. The minimum Gasteiger partial charge on any atom is -0.493 e. The molecule has 0 bridgehead atoms. The molecule has 0 saturated heterocycles. The van der Waals surface area contributed by atoms with E-state index in [0.29, 0.717) is 11.6 Å². The minimum atomic E-state index is -0.366. The largest absolute Gasteiger partial charge is 0.493 e. The van der Waals surface area contributed by atoms with E-state index in [9.17, 15) is 4.39 Å². The Balaban J connectivity index is 1.84. The monoisotopic (exact) mass is 292 g/mol. The topological polar surface area (TPSA) is 18.5 Å². The van der Waals surface area contributed by atoms with Crippen molar-refractivity contribution >= 4 is 11.6 Å². The van der Waals surface area contributed by atoms with Gasteiger partial charge in [-0.25, -0.2) is 4.39 Å². The van der Waals surface area contributed by atoms with Crippen LogP contribution < -0.4 is 9.47 Å². The van der Waals surface area contributed by atoms with Crippen LogP contribution in [0.5, 0.6) is 11.5 Å². The highest BCUT2D eigenvalue weighted by molar-refractivity contribution is 6.30. The quantitative estimate of drug-likeness (QED) is 0.839. The van der Waals surface area contributed by atoms with Crippen LogP contribution in [0.4, 0.5) is 4.39 Å². The minimum absolute atomic E-state index is 0.239. The zero-order valence-corrected chi connectivity index (χ0v) is 11.8. The third kappa shape index (κ3) is 2.59.